The van der Waals surface area contributed by atoms with Crippen LogP contribution >= 0.6 is 11.3 Å². The van der Waals surface area contributed by atoms with Gasteiger partial charge >= 0.3 is 0 Å². The van der Waals surface area contributed by atoms with Gasteiger partial charge in [-0.3, -0.25) is 14.6 Å². The number of amides is 2. The summed E-state index contributed by atoms with van der Waals surface area (Å²) in [7, 11) is 0. The minimum absolute atomic E-state index is 0.0431. The topological polar surface area (TPSA) is 75.2 Å². The van der Waals surface area contributed by atoms with E-state index in [4.69, 9.17) is 0 Å². The fourth-order valence-electron chi connectivity index (χ4n) is 3.32. The van der Waals surface area contributed by atoms with Gasteiger partial charge in [-0.1, -0.05) is 36.4 Å². The summed E-state index contributed by atoms with van der Waals surface area (Å²) in [6.45, 7) is 4.29. The fraction of sp³-hybridized carbons (Fsp3) is 0.238. The maximum atomic E-state index is 13.1. The largest absolute Gasteiger partial charge is 0.348 e. The first-order valence-corrected chi connectivity index (χ1v) is 9.82. The van der Waals surface area contributed by atoms with E-state index in [0.717, 1.165) is 21.8 Å². The third-order valence-corrected chi connectivity index (χ3v) is 5.51. The molecule has 0 bridgehead atoms. The molecule has 2 amide bonds. The molecule has 0 atom stereocenters. The molecule has 7 heteroatoms. The third-order valence-electron chi connectivity index (χ3n) is 4.44. The van der Waals surface area contributed by atoms with Crippen LogP contribution < -0.4 is 5.32 Å². The number of pyridine rings is 1. The van der Waals surface area contributed by atoms with E-state index in [-0.39, 0.29) is 18.4 Å². The molecule has 0 aliphatic carbocycles. The van der Waals surface area contributed by atoms with Crippen molar-refractivity contribution in [2.24, 2.45) is 0 Å². The summed E-state index contributed by atoms with van der Waals surface area (Å²) in [6, 6.07) is 15.4. The summed E-state index contributed by atoms with van der Waals surface area (Å²) in [5.41, 5.74) is 1.96. The number of carbonyl (C=O) groups excluding carboxylic acids is 2. The Morgan fingerprint density at radius 1 is 1.14 bits per heavy atom. The van der Waals surface area contributed by atoms with Crippen molar-refractivity contribution < 1.29 is 9.59 Å². The van der Waals surface area contributed by atoms with Crippen LogP contribution in [-0.4, -0.2) is 45.3 Å². The highest BCUT2D eigenvalue weighted by Crippen LogP contribution is 2.36. The molecule has 0 unspecified atom stereocenters. The van der Waals surface area contributed by atoms with E-state index < -0.39 is 5.54 Å². The van der Waals surface area contributed by atoms with Gasteiger partial charge in [-0.05, 0) is 26.0 Å². The Labute approximate surface area is 167 Å². The van der Waals surface area contributed by atoms with Gasteiger partial charge in [0, 0.05) is 18.3 Å². The molecule has 6 nitrogen and oxygen atoms in total. The minimum atomic E-state index is -0.464. The Morgan fingerprint density at radius 3 is 2.57 bits per heavy atom. The smallest absolute Gasteiger partial charge is 0.283 e. The summed E-state index contributed by atoms with van der Waals surface area (Å²) in [6.07, 6.45) is 1.73. The number of nitrogens with one attached hydrogen (secondary N) is 1. The van der Waals surface area contributed by atoms with Gasteiger partial charge in [-0.2, -0.15) is 0 Å². The van der Waals surface area contributed by atoms with Gasteiger partial charge < -0.3 is 10.2 Å². The van der Waals surface area contributed by atoms with Crippen molar-refractivity contribution in [3.8, 4) is 21.8 Å². The molecule has 1 saturated heterocycles. The molecule has 4 rings (SSSR count). The molecule has 1 aliphatic heterocycles. The monoisotopic (exact) mass is 392 g/mol. The van der Waals surface area contributed by atoms with Crippen LogP contribution in [0.4, 0.5) is 0 Å². The van der Waals surface area contributed by atoms with Gasteiger partial charge in [0.1, 0.15) is 6.54 Å². The van der Waals surface area contributed by atoms with Gasteiger partial charge in [0.15, 0.2) is 5.01 Å². The molecule has 1 aromatic carbocycles. The molecular formula is C21H20N4O2S. The second-order valence-electron chi connectivity index (χ2n) is 7.37. The highest BCUT2D eigenvalue weighted by atomic mass is 32.1. The number of nitrogens with zero attached hydrogens (tertiary/aromatic N) is 3. The lowest BCUT2D eigenvalue weighted by atomic mass is 10.0. The summed E-state index contributed by atoms with van der Waals surface area (Å²) in [5, 5.41) is 3.27. The van der Waals surface area contributed by atoms with Crippen LogP contribution in [0.15, 0.2) is 54.7 Å². The first kappa shape index (κ1) is 18.3. The molecule has 0 saturated carbocycles. The van der Waals surface area contributed by atoms with Gasteiger partial charge in [0.25, 0.3) is 5.91 Å². The Bertz CT molecular complexity index is 958. The van der Waals surface area contributed by atoms with Gasteiger partial charge in [-0.25, -0.2) is 4.98 Å². The SMILES string of the molecule is CC1(C)CN(C(=O)c2nc(-c3ccccc3)c(-c3ccccn3)s2)CC(=O)N1. The quantitative estimate of drug-likeness (QED) is 0.743. The zero-order valence-corrected chi connectivity index (χ0v) is 16.5. The minimum Gasteiger partial charge on any atom is -0.348 e. The zero-order valence-electron chi connectivity index (χ0n) is 15.7. The molecule has 3 aromatic rings. The van der Waals surface area contributed by atoms with Crippen LogP contribution in [0, 0.1) is 0 Å². The predicted molar refractivity (Wildman–Crippen MR) is 109 cm³/mol. The van der Waals surface area contributed by atoms with Crippen LogP contribution in [0.25, 0.3) is 21.8 Å². The summed E-state index contributed by atoms with van der Waals surface area (Å²) >= 11 is 1.31. The first-order valence-electron chi connectivity index (χ1n) is 9.01. The van der Waals surface area contributed by atoms with Gasteiger partial charge in [-0.15, -0.1) is 11.3 Å². The van der Waals surface area contributed by atoms with Crippen LogP contribution in [0.1, 0.15) is 23.6 Å². The molecule has 1 fully saturated rings. The first-order chi connectivity index (χ1) is 13.4. The molecule has 3 heterocycles. The maximum absolute atomic E-state index is 13.1. The number of rotatable bonds is 3. The standard InChI is InChI=1S/C21H20N4O2S/c1-21(2)13-25(12-16(26)24-21)20(27)19-23-17(14-8-4-3-5-9-14)18(28-19)15-10-6-7-11-22-15/h3-11H,12-13H2,1-2H3,(H,24,26). The Hall–Kier alpha value is -3.06. The van der Waals surface area contributed by atoms with E-state index in [1.807, 2.05) is 62.4 Å². The van der Waals surface area contributed by atoms with Crippen molar-refractivity contribution in [2.45, 2.75) is 19.4 Å². The normalized spacial score (nSPS) is 15.9. The molecule has 142 valence electrons. The van der Waals surface area contributed by atoms with Crippen molar-refractivity contribution in [3.63, 3.8) is 0 Å². The molecular weight excluding hydrogens is 372 g/mol. The molecule has 2 aromatic heterocycles. The van der Waals surface area contributed by atoms with Crippen LogP contribution in [0.2, 0.25) is 0 Å². The summed E-state index contributed by atoms with van der Waals surface area (Å²) < 4.78 is 0. The van der Waals surface area contributed by atoms with E-state index in [0.29, 0.717) is 11.6 Å². The lowest BCUT2D eigenvalue weighted by molar-refractivity contribution is -0.126. The van der Waals surface area contributed by atoms with Crippen molar-refractivity contribution in [2.75, 3.05) is 13.1 Å². The number of piperazine rings is 1. The number of aromatic nitrogens is 2. The van der Waals surface area contributed by atoms with E-state index in [1.165, 1.54) is 11.3 Å². The number of thiazole rings is 1. The molecule has 0 spiro atoms. The zero-order chi connectivity index (χ0) is 19.7. The Kier molecular flexibility index (Phi) is 4.68. The number of carbonyl (C=O) groups is 2. The average molecular weight is 392 g/mol. The Balaban J connectivity index is 1.75. The Morgan fingerprint density at radius 2 is 1.89 bits per heavy atom. The number of benzene rings is 1. The second-order valence-corrected chi connectivity index (χ2v) is 8.37. The van der Waals surface area contributed by atoms with E-state index in [1.54, 1.807) is 11.1 Å². The molecule has 0 radical (unpaired) electrons. The molecule has 28 heavy (non-hydrogen) atoms. The highest BCUT2D eigenvalue weighted by Gasteiger charge is 2.35. The van der Waals surface area contributed by atoms with Crippen molar-refractivity contribution in [3.05, 3.63) is 59.7 Å². The highest BCUT2D eigenvalue weighted by molar-refractivity contribution is 7.17. The van der Waals surface area contributed by atoms with Crippen molar-refractivity contribution in [1.29, 1.82) is 0 Å². The lowest BCUT2D eigenvalue weighted by Crippen LogP contribution is -2.61. The second kappa shape index (κ2) is 7.16. The third kappa shape index (κ3) is 3.66. The fourth-order valence-corrected chi connectivity index (χ4v) is 4.35. The van der Waals surface area contributed by atoms with E-state index >= 15 is 0 Å². The maximum Gasteiger partial charge on any atom is 0.283 e. The van der Waals surface area contributed by atoms with E-state index in [9.17, 15) is 9.59 Å². The number of hydrogen-bond donors (Lipinski definition) is 1. The van der Waals surface area contributed by atoms with Gasteiger partial charge in [0.05, 0.1) is 21.8 Å². The van der Waals surface area contributed by atoms with Crippen molar-refractivity contribution >= 4 is 23.2 Å². The summed E-state index contributed by atoms with van der Waals surface area (Å²) in [5.74, 6) is -0.387. The number of hydrogen-bond acceptors (Lipinski definition) is 5. The summed E-state index contributed by atoms with van der Waals surface area (Å²) in [4.78, 5) is 36.6. The van der Waals surface area contributed by atoms with Gasteiger partial charge in [0.2, 0.25) is 5.91 Å². The van der Waals surface area contributed by atoms with Crippen LogP contribution in [0.3, 0.4) is 0 Å². The lowest BCUT2D eigenvalue weighted by Gasteiger charge is -2.38. The van der Waals surface area contributed by atoms with Crippen molar-refractivity contribution in [1.82, 2.24) is 20.2 Å². The average Bonchev–Trinajstić information content (AvgIpc) is 3.12. The van der Waals surface area contributed by atoms with Crippen LogP contribution in [0.5, 0.6) is 0 Å². The predicted octanol–water partition coefficient (Wildman–Crippen LogP) is 3.22. The van der Waals surface area contributed by atoms with E-state index in [2.05, 4.69) is 15.3 Å². The van der Waals surface area contributed by atoms with Crippen LogP contribution in [-0.2, 0) is 4.79 Å². The molecule has 1 N–H and O–H groups in total. The molecule has 1 aliphatic rings.